The number of nitrogens with one attached hydrogen (secondary N) is 1. The van der Waals surface area contributed by atoms with E-state index in [1.165, 1.54) is 6.33 Å². The highest BCUT2D eigenvalue weighted by molar-refractivity contribution is 9.10. The second kappa shape index (κ2) is 3.75. The Morgan fingerprint density at radius 3 is 2.93 bits per heavy atom. The standard InChI is InChI=1S/C8H8BrN5/c1-14-4-6(2-12-14)13-8-7(9)3-10-5-11-8/h2-5H,1H3,(H,10,11,13). The van der Waals surface area contributed by atoms with Crippen LogP contribution in [0.5, 0.6) is 0 Å². The van der Waals surface area contributed by atoms with Crippen LogP contribution in [0.3, 0.4) is 0 Å². The highest BCUT2D eigenvalue weighted by atomic mass is 79.9. The van der Waals surface area contributed by atoms with E-state index in [0.717, 1.165) is 16.0 Å². The van der Waals surface area contributed by atoms with E-state index in [9.17, 15) is 0 Å². The summed E-state index contributed by atoms with van der Waals surface area (Å²) in [4.78, 5) is 7.95. The average molecular weight is 254 g/mol. The van der Waals surface area contributed by atoms with E-state index >= 15 is 0 Å². The minimum Gasteiger partial charge on any atom is -0.337 e. The Hall–Kier alpha value is -1.43. The van der Waals surface area contributed by atoms with E-state index in [-0.39, 0.29) is 0 Å². The first-order valence-corrected chi connectivity index (χ1v) is 4.76. The van der Waals surface area contributed by atoms with E-state index < -0.39 is 0 Å². The summed E-state index contributed by atoms with van der Waals surface area (Å²) in [7, 11) is 1.86. The van der Waals surface area contributed by atoms with Gasteiger partial charge in [0.25, 0.3) is 0 Å². The fraction of sp³-hybridized carbons (Fsp3) is 0.125. The molecular formula is C8H8BrN5. The number of halogens is 1. The van der Waals surface area contributed by atoms with Crippen LogP contribution < -0.4 is 5.32 Å². The minimum absolute atomic E-state index is 0.730. The van der Waals surface area contributed by atoms with Crippen molar-refractivity contribution in [2.45, 2.75) is 0 Å². The number of aryl methyl sites for hydroxylation is 1. The summed E-state index contributed by atoms with van der Waals surface area (Å²) in [5, 5.41) is 7.15. The maximum Gasteiger partial charge on any atom is 0.148 e. The molecule has 0 aromatic carbocycles. The summed E-state index contributed by atoms with van der Waals surface area (Å²) in [5.41, 5.74) is 0.895. The topological polar surface area (TPSA) is 55.6 Å². The molecule has 2 aromatic heterocycles. The Morgan fingerprint density at radius 1 is 1.43 bits per heavy atom. The molecule has 1 N–H and O–H groups in total. The van der Waals surface area contributed by atoms with Crippen molar-refractivity contribution in [3.63, 3.8) is 0 Å². The molecule has 0 aliphatic carbocycles. The Morgan fingerprint density at radius 2 is 2.29 bits per heavy atom. The molecule has 6 heteroatoms. The third-order valence-electron chi connectivity index (χ3n) is 1.64. The summed E-state index contributed by atoms with van der Waals surface area (Å²) < 4.78 is 2.54. The van der Waals surface area contributed by atoms with Gasteiger partial charge in [0.15, 0.2) is 0 Å². The van der Waals surface area contributed by atoms with Crippen LogP contribution in [0.25, 0.3) is 0 Å². The lowest BCUT2D eigenvalue weighted by molar-refractivity contribution is 0.768. The molecule has 0 aliphatic rings. The van der Waals surface area contributed by atoms with Crippen molar-refractivity contribution in [3.8, 4) is 0 Å². The van der Waals surface area contributed by atoms with Gasteiger partial charge in [-0.05, 0) is 15.9 Å². The van der Waals surface area contributed by atoms with Crippen molar-refractivity contribution in [2.24, 2.45) is 7.05 Å². The summed E-state index contributed by atoms with van der Waals surface area (Å²) in [5.74, 6) is 0.730. The lowest BCUT2D eigenvalue weighted by atomic mass is 10.5. The van der Waals surface area contributed by atoms with Gasteiger partial charge in [-0.25, -0.2) is 9.97 Å². The molecule has 0 saturated heterocycles. The van der Waals surface area contributed by atoms with Crippen LogP contribution in [-0.2, 0) is 7.05 Å². The van der Waals surface area contributed by atoms with Crippen LogP contribution >= 0.6 is 15.9 Å². The molecule has 5 nitrogen and oxygen atoms in total. The molecule has 14 heavy (non-hydrogen) atoms. The SMILES string of the molecule is Cn1cc(Nc2ncncc2Br)cn1. The van der Waals surface area contributed by atoms with Crippen LogP contribution in [0.1, 0.15) is 0 Å². The van der Waals surface area contributed by atoms with Crippen molar-refractivity contribution >= 4 is 27.4 Å². The lowest BCUT2D eigenvalue weighted by Gasteiger charge is -2.02. The maximum atomic E-state index is 4.08. The van der Waals surface area contributed by atoms with E-state index in [1.54, 1.807) is 17.1 Å². The first-order chi connectivity index (χ1) is 6.75. The molecule has 0 aliphatic heterocycles. The number of hydrogen-bond acceptors (Lipinski definition) is 4. The van der Waals surface area contributed by atoms with Crippen molar-refractivity contribution in [3.05, 3.63) is 29.4 Å². The number of rotatable bonds is 2. The molecule has 0 unspecified atom stereocenters. The van der Waals surface area contributed by atoms with Gasteiger partial charge >= 0.3 is 0 Å². The molecule has 0 spiro atoms. The molecule has 0 saturated carbocycles. The highest BCUT2D eigenvalue weighted by Crippen LogP contribution is 2.21. The van der Waals surface area contributed by atoms with E-state index in [4.69, 9.17) is 0 Å². The van der Waals surface area contributed by atoms with Gasteiger partial charge in [0.1, 0.15) is 12.1 Å². The molecule has 0 radical (unpaired) electrons. The summed E-state index contributed by atoms with van der Waals surface area (Å²) >= 11 is 3.35. The van der Waals surface area contributed by atoms with Gasteiger partial charge in [-0.15, -0.1) is 0 Å². The van der Waals surface area contributed by atoms with Gasteiger partial charge in [0.2, 0.25) is 0 Å². The van der Waals surface area contributed by atoms with Crippen LogP contribution in [0.4, 0.5) is 11.5 Å². The second-order valence-electron chi connectivity index (χ2n) is 2.75. The number of aromatic nitrogens is 4. The Labute approximate surface area is 89.3 Å². The molecular weight excluding hydrogens is 246 g/mol. The third kappa shape index (κ3) is 1.90. The van der Waals surface area contributed by atoms with Gasteiger partial charge in [0, 0.05) is 19.4 Å². The lowest BCUT2D eigenvalue weighted by Crippen LogP contribution is -1.93. The fourth-order valence-electron chi connectivity index (χ4n) is 1.03. The van der Waals surface area contributed by atoms with Crippen LogP contribution in [-0.4, -0.2) is 19.7 Å². The second-order valence-corrected chi connectivity index (χ2v) is 3.60. The van der Waals surface area contributed by atoms with Gasteiger partial charge < -0.3 is 5.32 Å². The van der Waals surface area contributed by atoms with Gasteiger partial charge in [0.05, 0.1) is 16.4 Å². The van der Waals surface area contributed by atoms with Crippen molar-refractivity contribution in [2.75, 3.05) is 5.32 Å². The quantitative estimate of drug-likeness (QED) is 0.886. The largest absolute Gasteiger partial charge is 0.337 e. The monoisotopic (exact) mass is 253 g/mol. The third-order valence-corrected chi connectivity index (χ3v) is 2.22. The zero-order chi connectivity index (χ0) is 9.97. The van der Waals surface area contributed by atoms with Crippen LogP contribution in [0, 0.1) is 0 Å². The predicted molar refractivity (Wildman–Crippen MR) is 56.2 cm³/mol. The first kappa shape index (κ1) is 9.14. The Kier molecular flexibility index (Phi) is 2.45. The molecule has 2 rings (SSSR count). The van der Waals surface area contributed by atoms with Gasteiger partial charge in [-0.1, -0.05) is 0 Å². The fourth-order valence-corrected chi connectivity index (χ4v) is 1.35. The maximum absolute atomic E-state index is 4.08. The van der Waals surface area contributed by atoms with Crippen molar-refractivity contribution in [1.82, 2.24) is 19.7 Å². The summed E-state index contributed by atoms with van der Waals surface area (Å²) in [6, 6.07) is 0. The van der Waals surface area contributed by atoms with Crippen molar-refractivity contribution in [1.29, 1.82) is 0 Å². The molecule has 2 aromatic rings. The molecule has 0 bridgehead atoms. The Balaban J connectivity index is 2.23. The summed E-state index contributed by atoms with van der Waals surface area (Å²) in [6.07, 6.45) is 6.78. The van der Waals surface area contributed by atoms with Crippen LogP contribution in [0.15, 0.2) is 29.4 Å². The molecule has 0 amide bonds. The zero-order valence-corrected chi connectivity index (χ0v) is 9.06. The van der Waals surface area contributed by atoms with Gasteiger partial charge in [-0.2, -0.15) is 5.10 Å². The normalized spacial score (nSPS) is 10.1. The smallest absolute Gasteiger partial charge is 0.148 e. The van der Waals surface area contributed by atoms with E-state index in [1.807, 2.05) is 13.2 Å². The van der Waals surface area contributed by atoms with Crippen LogP contribution in [0.2, 0.25) is 0 Å². The summed E-state index contributed by atoms with van der Waals surface area (Å²) in [6.45, 7) is 0. The number of nitrogens with zero attached hydrogens (tertiary/aromatic N) is 4. The Bertz CT molecular complexity index is 439. The van der Waals surface area contributed by atoms with Crippen molar-refractivity contribution < 1.29 is 0 Å². The number of anilines is 2. The predicted octanol–water partition coefficient (Wildman–Crippen LogP) is 1.72. The minimum atomic E-state index is 0.730. The average Bonchev–Trinajstić information content (AvgIpc) is 2.56. The molecule has 0 fully saturated rings. The van der Waals surface area contributed by atoms with E-state index in [2.05, 4.69) is 36.3 Å². The number of hydrogen-bond donors (Lipinski definition) is 1. The molecule has 72 valence electrons. The molecule has 0 atom stereocenters. The van der Waals surface area contributed by atoms with Gasteiger partial charge in [-0.3, -0.25) is 4.68 Å². The first-order valence-electron chi connectivity index (χ1n) is 3.97. The van der Waals surface area contributed by atoms with E-state index in [0.29, 0.717) is 0 Å². The zero-order valence-electron chi connectivity index (χ0n) is 7.48. The molecule has 2 heterocycles. The highest BCUT2D eigenvalue weighted by Gasteiger charge is 2.01.